The summed E-state index contributed by atoms with van der Waals surface area (Å²) in [5.74, 6) is 2.64. The van der Waals surface area contributed by atoms with Crippen LogP contribution in [0.5, 0.6) is 0 Å². The largest absolute Gasteiger partial charge is 0.469 e. The monoisotopic (exact) mass is 541 g/mol. The van der Waals surface area contributed by atoms with Crippen molar-refractivity contribution in [1.29, 1.82) is 0 Å². The van der Waals surface area contributed by atoms with E-state index in [0.29, 0.717) is 36.2 Å². The van der Waals surface area contributed by atoms with Crippen LogP contribution in [0.15, 0.2) is 12.2 Å². The topological polar surface area (TPSA) is 66.8 Å². The Morgan fingerprint density at radius 1 is 0.897 bits per heavy atom. The molecule has 1 N–H and O–H groups in total. The van der Waals surface area contributed by atoms with Crippen LogP contribution >= 0.6 is 0 Å². The molecule has 0 radical (unpaired) electrons. The molecule has 1 heterocycles. The molecule has 5 rings (SSSR count). The van der Waals surface area contributed by atoms with Gasteiger partial charge >= 0.3 is 5.97 Å². The average molecular weight is 542 g/mol. The van der Waals surface area contributed by atoms with E-state index < -0.39 is 0 Å². The number of rotatable bonds is 5. The normalized spacial score (nSPS) is 46.4. The molecule has 220 valence electrons. The zero-order chi connectivity index (χ0) is 28.6. The second-order valence-electron chi connectivity index (χ2n) is 15.7. The molecule has 5 fully saturated rings. The van der Waals surface area contributed by atoms with Gasteiger partial charge in [-0.05, 0) is 130 Å². The summed E-state index contributed by atoms with van der Waals surface area (Å²) in [5.41, 5.74) is 1.91. The van der Waals surface area contributed by atoms with Gasteiger partial charge < -0.3 is 14.7 Å². The van der Waals surface area contributed by atoms with Gasteiger partial charge in [-0.3, -0.25) is 9.59 Å². The third kappa shape index (κ3) is 3.94. The van der Waals surface area contributed by atoms with Crippen molar-refractivity contribution in [3.8, 4) is 0 Å². The van der Waals surface area contributed by atoms with Crippen molar-refractivity contribution in [3.63, 3.8) is 0 Å². The second-order valence-corrected chi connectivity index (χ2v) is 15.7. The Bertz CT molecular complexity index is 1020. The average Bonchev–Trinajstić information content (AvgIpc) is 3.27. The van der Waals surface area contributed by atoms with Crippen molar-refractivity contribution < 1.29 is 19.4 Å². The highest BCUT2D eigenvalue weighted by atomic mass is 16.5. The molecule has 5 nitrogen and oxygen atoms in total. The van der Waals surface area contributed by atoms with Gasteiger partial charge in [0.2, 0.25) is 5.91 Å². The second kappa shape index (κ2) is 9.60. The molecule has 5 heteroatoms. The van der Waals surface area contributed by atoms with Crippen molar-refractivity contribution in [1.82, 2.24) is 4.90 Å². The number of likely N-dealkylation sites (tertiary alicyclic amines) is 1. The van der Waals surface area contributed by atoms with Crippen LogP contribution in [0, 0.1) is 51.2 Å². The van der Waals surface area contributed by atoms with E-state index >= 15 is 0 Å². The number of allylic oxidation sites excluding steroid dienone is 1. The first kappa shape index (κ1) is 29.1. The summed E-state index contributed by atoms with van der Waals surface area (Å²) in [7, 11) is 1.39. The Hall–Kier alpha value is -1.36. The first-order valence-electron chi connectivity index (χ1n) is 15.9. The van der Waals surface area contributed by atoms with E-state index in [1.807, 2.05) is 0 Å². The lowest BCUT2D eigenvalue weighted by molar-refractivity contribution is -0.243. The molecule has 9 atom stereocenters. The van der Waals surface area contributed by atoms with Gasteiger partial charge in [-0.15, -0.1) is 0 Å². The van der Waals surface area contributed by atoms with Crippen molar-refractivity contribution in [2.75, 3.05) is 20.3 Å². The smallest absolute Gasteiger partial charge is 0.306 e. The molecule has 1 saturated heterocycles. The summed E-state index contributed by atoms with van der Waals surface area (Å²) in [4.78, 5) is 27.2. The number of nitrogens with zero attached hydrogens (tertiary/aromatic N) is 1. The number of carbonyl (C=O) groups excluding carboxylic acids is 2. The minimum absolute atomic E-state index is 0.0932. The molecule has 4 aliphatic carbocycles. The molecule has 0 spiro atoms. The quantitative estimate of drug-likeness (QED) is 0.308. The van der Waals surface area contributed by atoms with Crippen LogP contribution in [0.2, 0.25) is 0 Å². The van der Waals surface area contributed by atoms with Crippen LogP contribution < -0.4 is 0 Å². The molecule has 0 aromatic carbocycles. The first-order chi connectivity index (χ1) is 18.2. The Morgan fingerprint density at radius 3 is 2.26 bits per heavy atom. The number of hydrogen-bond acceptors (Lipinski definition) is 4. The van der Waals surface area contributed by atoms with Crippen molar-refractivity contribution in [2.24, 2.45) is 51.2 Å². The number of carbonyl (C=O) groups is 2. The van der Waals surface area contributed by atoms with Crippen LogP contribution in [0.1, 0.15) is 112 Å². The lowest BCUT2D eigenvalue weighted by Crippen LogP contribution is -2.70. The summed E-state index contributed by atoms with van der Waals surface area (Å²) in [6.45, 7) is 20.2. The number of hydrogen-bond donors (Lipinski definition) is 1. The van der Waals surface area contributed by atoms with E-state index in [1.165, 1.54) is 44.8 Å². The summed E-state index contributed by atoms with van der Waals surface area (Å²) in [5, 5.41) is 10.7. The van der Waals surface area contributed by atoms with Gasteiger partial charge in [0.15, 0.2) is 0 Å². The van der Waals surface area contributed by atoms with Crippen molar-refractivity contribution >= 4 is 11.9 Å². The zero-order valence-corrected chi connectivity index (χ0v) is 25.9. The van der Waals surface area contributed by atoms with Gasteiger partial charge in [0, 0.05) is 25.1 Å². The predicted octanol–water partition coefficient (Wildman–Crippen LogP) is 6.78. The third-order valence-corrected chi connectivity index (χ3v) is 14.3. The fourth-order valence-electron chi connectivity index (χ4n) is 12.2. The lowest BCUT2D eigenvalue weighted by Gasteiger charge is -2.73. The summed E-state index contributed by atoms with van der Waals surface area (Å²) in [6, 6.07) is 0. The van der Waals surface area contributed by atoms with Crippen LogP contribution in [-0.2, 0) is 14.3 Å². The molecular weight excluding hydrogens is 486 g/mol. The van der Waals surface area contributed by atoms with Gasteiger partial charge in [-0.1, -0.05) is 32.9 Å². The van der Waals surface area contributed by atoms with Crippen LogP contribution in [0.25, 0.3) is 0 Å². The van der Waals surface area contributed by atoms with Crippen LogP contribution in [0.3, 0.4) is 0 Å². The van der Waals surface area contributed by atoms with E-state index in [2.05, 4.69) is 53.0 Å². The summed E-state index contributed by atoms with van der Waals surface area (Å²) < 4.78 is 4.80. The maximum absolute atomic E-state index is 13.3. The molecule has 4 saturated carbocycles. The van der Waals surface area contributed by atoms with E-state index in [0.717, 1.165) is 32.2 Å². The number of methoxy groups -OCH3 is 1. The van der Waals surface area contributed by atoms with Gasteiger partial charge in [0.05, 0.1) is 13.5 Å². The highest BCUT2D eigenvalue weighted by Crippen LogP contribution is 2.76. The van der Waals surface area contributed by atoms with Gasteiger partial charge in [-0.25, -0.2) is 0 Å². The number of amides is 1. The minimum Gasteiger partial charge on any atom is -0.469 e. The molecule has 0 aromatic rings. The Kier molecular flexibility index (Phi) is 7.17. The molecule has 5 aliphatic rings. The molecular formula is C34H55NO4. The molecule has 0 bridgehead atoms. The number of aliphatic hydroxyl groups is 1. The van der Waals surface area contributed by atoms with E-state index in [-0.39, 0.29) is 51.9 Å². The Morgan fingerprint density at radius 2 is 1.62 bits per heavy atom. The number of aliphatic hydroxyl groups excluding tert-OH is 1. The number of esters is 1. The highest BCUT2D eigenvalue weighted by molar-refractivity contribution is 5.82. The zero-order valence-electron chi connectivity index (χ0n) is 25.9. The van der Waals surface area contributed by atoms with E-state index in [4.69, 9.17) is 4.74 Å². The fraction of sp³-hybridized carbons (Fsp3) is 0.882. The first-order valence-corrected chi connectivity index (χ1v) is 15.9. The minimum atomic E-state index is -0.310. The van der Waals surface area contributed by atoms with Crippen molar-refractivity contribution in [2.45, 2.75) is 118 Å². The Labute approximate surface area is 237 Å². The maximum atomic E-state index is 13.3. The van der Waals surface area contributed by atoms with Gasteiger partial charge in [-0.2, -0.15) is 0 Å². The summed E-state index contributed by atoms with van der Waals surface area (Å²) >= 11 is 0. The maximum Gasteiger partial charge on any atom is 0.306 e. The standard InChI is InChI=1S/C34H55NO4/c1-22(2)23-13-16-34(21-36)18-17-32(6)24(29(23)34)9-10-26-31(5)19-20-35(27(37)11-12-28(38)39-8)30(3,4)25(31)14-15-33(26,32)7/h23-26,29,36H,1,9-21H2,2-8H3/t23-,24+,25?,26+,29+,31-,32+,33+,34+/m0/s1. The van der Waals surface area contributed by atoms with Crippen molar-refractivity contribution in [3.05, 3.63) is 12.2 Å². The molecule has 39 heavy (non-hydrogen) atoms. The molecule has 1 aliphatic heterocycles. The Balaban J connectivity index is 1.44. The number of ether oxygens (including phenoxy) is 1. The molecule has 1 unspecified atom stereocenters. The molecule has 0 aromatic heterocycles. The fourth-order valence-corrected chi connectivity index (χ4v) is 12.2. The predicted molar refractivity (Wildman–Crippen MR) is 155 cm³/mol. The van der Waals surface area contributed by atoms with Gasteiger partial charge in [0.25, 0.3) is 0 Å². The lowest BCUT2D eigenvalue weighted by atomic mass is 9.33. The highest BCUT2D eigenvalue weighted by Gasteiger charge is 2.70. The van der Waals surface area contributed by atoms with E-state index in [9.17, 15) is 14.7 Å². The van der Waals surface area contributed by atoms with Gasteiger partial charge in [0.1, 0.15) is 0 Å². The SMILES string of the molecule is C=C(C)[C@@H]1CC[C@]2(CO)CC[C@]3(C)[C@H](CC[C@@H]4[C@@]5(C)CCN(C(=O)CCC(=O)OC)C(C)(C)C5CC[C@]43C)[C@@H]12. The molecule has 1 amide bonds. The number of fused-ring (bicyclic) bond motifs is 7. The number of piperidine rings is 1. The summed E-state index contributed by atoms with van der Waals surface area (Å²) in [6.07, 6.45) is 11.1. The van der Waals surface area contributed by atoms with Crippen LogP contribution in [0.4, 0.5) is 0 Å². The van der Waals surface area contributed by atoms with E-state index in [1.54, 1.807) is 0 Å². The van der Waals surface area contributed by atoms with Crippen LogP contribution in [-0.4, -0.2) is 47.7 Å². The third-order valence-electron chi connectivity index (χ3n) is 14.3.